The van der Waals surface area contributed by atoms with Crippen LogP contribution in [-0.4, -0.2) is 24.2 Å². The van der Waals surface area contributed by atoms with Gasteiger partial charge in [0.2, 0.25) is 5.76 Å². The smallest absolute Gasteiger partial charge is 0.371 e. The van der Waals surface area contributed by atoms with Crippen molar-refractivity contribution in [2.24, 2.45) is 0 Å². The number of nitrogens with one attached hydrogen (secondary N) is 1. The van der Waals surface area contributed by atoms with Crippen molar-refractivity contribution in [2.75, 3.05) is 11.9 Å². The Balaban J connectivity index is 1.96. The molecule has 0 unspecified atom stereocenters. The fraction of sp³-hybridized carbons (Fsp3) is 0.200. The van der Waals surface area contributed by atoms with Crippen LogP contribution in [0, 0.1) is 6.92 Å². The highest BCUT2D eigenvalue weighted by Crippen LogP contribution is 2.14. The van der Waals surface area contributed by atoms with E-state index < -0.39 is 5.97 Å². The lowest BCUT2D eigenvalue weighted by Gasteiger charge is -2.18. The first-order chi connectivity index (χ1) is 9.97. The number of carbonyl (C=O) groups excluding carboxylic acids is 1. The third-order valence-electron chi connectivity index (χ3n) is 2.98. The van der Waals surface area contributed by atoms with Crippen molar-refractivity contribution in [2.45, 2.75) is 13.5 Å². The van der Waals surface area contributed by atoms with Crippen LogP contribution in [0.25, 0.3) is 0 Å². The Hall–Kier alpha value is -2.76. The zero-order valence-electron chi connectivity index (χ0n) is 11.8. The lowest BCUT2D eigenvalue weighted by molar-refractivity contribution is 0.0660. The van der Waals surface area contributed by atoms with Crippen LogP contribution < -0.4 is 10.2 Å². The zero-order valence-corrected chi connectivity index (χ0v) is 11.8. The molecule has 2 N–H and O–H groups in total. The van der Waals surface area contributed by atoms with Crippen molar-refractivity contribution in [3.63, 3.8) is 0 Å². The average molecular weight is 288 g/mol. The van der Waals surface area contributed by atoms with Gasteiger partial charge in [-0.1, -0.05) is 12.1 Å². The highest BCUT2D eigenvalue weighted by atomic mass is 16.4. The van der Waals surface area contributed by atoms with Crippen LogP contribution in [0.4, 0.5) is 10.5 Å². The van der Waals surface area contributed by atoms with Gasteiger partial charge in [0.15, 0.2) is 0 Å². The molecular weight excluding hydrogens is 272 g/mol. The van der Waals surface area contributed by atoms with Gasteiger partial charge in [-0.25, -0.2) is 9.59 Å². The zero-order chi connectivity index (χ0) is 15.4. The predicted molar refractivity (Wildman–Crippen MR) is 77.5 cm³/mol. The van der Waals surface area contributed by atoms with Gasteiger partial charge in [-0.3, -0.25) is 4.90 Å². The van der Waals surface area contributed by atoms with Crippen molar-refractivity contribution < 1.29 is 19.1 Å². The van der Waals surface area contributed by atoms with Gasteiger partial charge in [0.1, 0.15) is 5.76 Å². The minimum atomic E-state index is -1.13. The number of hydrogen-bond acceptors (Lipinski definition) is 3. The van der Waals surface area contributed by atoms with Gasteiger partial charge in [-0.2, -0.15) is 0 Å². The molecule has 0 aliphatic heterocycles. The number of nitrogens with zero attached hydrogens (tertiary/aromatic N) is 1. The van der Waals surface area contributed by atoms with Gasteiger partial charge in [-0.05, 0) is 36.8 Å². The van der Waals surface area contributed by atoms with Crippen molar-refractivity contribution >= 4 is 17.7 Å². The molecule has 21 heavy (non-hydrogen) atoms. The summed E-state index contributed by atoms with van der Waals surface area (Å²) in [6, 6.07) is 10.1. The van der Waals surface area contributed by atoms with E-state index in [1.54, 1.807) is 7.05 Å². The van der Waals surface area contributed by atoms with Gasteiger partial charge >= 0.3 is 12.0 Å². The summed E-state index contributed by atoms with van der Waals surface area (Å²) in [6.45, 7) is 2.08. The minimum Gasteiger partial charge on any atom is -0.475 e. The van der Waals surface area contributed by atoms with Gasteiger partial charge in [-0.15, -0.1) is 0 Å². The van der Waals surface area contributed by atoms with E-state index in [4.69, 9.17) is 9.52 Å². The maximum atomic E-state index is 12.0. The van der Waals surface area contributed by atoms with E-state index in [2.05, 4.69) is 5.32 Å². The van der Waals surface area contributed by atoms with Crippen LogP contribution >= 0.6 is 0 Å². The van der Waals surface area contributed by atoms with E-state index in [0.29, 0.717) is 5.76 Å². The van der Waals surface area contributed by atoms with Crippen molar-refractivity contribution in [3.8, 4) is 0 Å². The second kappa shape index (κ2) is 6.13. The van der Waals surface area contributed by atoms with E-state index >= 15 is 0 Å². The number of anilines is 1. The van der Waals surface area contributed by atoms with Crippen LogP contribution in [-0.2, 0) is 6.54 Å². The third-order valence-corrected chi connectivity index (χ3v) is 2.98. The Labute approximate surface area is 122 Å². The summed E-state index contributed by atoms with van der Waals surface area (Å²) in [5, 5.41) is 11.4. The third kappa shape index (κ3) is 3.62. The molecule has 2 rings (SSSR count). The highest BCUT2D eigenvalue weighted by Gasteiger charge is 2.13. The molecule has 0 fully saturated rings. The molecule has 0 spiro atoms. The van der Waals surface area contributed by atoms with Crippen LogP contribution in [0.3, 0.4) is 0 Å². The lowest BCUT2D eigenvalue weighted by Crippen LogP contribution is -2.36. The van der Waals surface area contributed by atoms with Crippen LogP contribution in [0.15, 0.2) is 40.8 Å². The molecule has 0 saturated carbocycles. The van der Waals surface area contributed by atoms with E-state index in [1.165, 1.54) is 17.0 Å². The van der Waals surface area contributed by atoms with Gasteiger partial charge < -0.3 is 14.8 Å². The molecule has 2 amide bonds. The summed E-state index contributed by atoms with van der Waals surface area (Å²) in [5.41, 5.74) is 1.84. The number of benzene rings is 1. The first-order valence-electron chi connectivity index (χ1n) is 6.37. The number of aromatic carboxylic acids is 1. The number of hydrogen-bond donors (Lipinski definition) is 2. The average Bonchev–Trinajstić information content (AvgIpc) is 2.93. The fourth-order valence-electron chi connectivity index (χ4n) is 1.82. The molecular formula is C15H16N2O4. The molecule has 0 saturated heterocycles. The molecule has 1 aromatic carbocycles. The molecule has 0 bridgehead atoms. The monoisotopic (exact) mass is 288 g/mol. The molecule has 1 aromatic heterocycles. The maximum absolute atomic E-state index is 12.0. The first kappa shape index (κ1) is 14.6. The summed E-state index contributed by atoms with van der Waals surface area (Å²) in [7, 11) is 1.66. The Morgan fingerprint density at radius 2 is 2.05 bits per heavy atom. The van der Waals surface area contributed by atoms with Crippen molar-refractivity contribution in [1.82, 2.24) is 5.32 Å². The maximum Gasteiger partial charge on any atom is 0.371 e. The minimum absolute atomic E-state index is 0.127. The van der Waals surface area contributed by atoms with E-state index in [-0.39, 0.29) is 18.3 Å². The second-order valence-electron chi connectivity index (χ2n) is 4.63. The standard InChI is InChI=1S/C15H16N2O4/c1-10-4-3-5-11(8-10)17(2)15(20)16-9-12-6-7-13(21-12)14(18)19/h3-8H,9H2,1-2H3,(H,16,20)(H,18,19). The lowest BCUT2D eigenvalue weighted by atomic mass is 10.2. The topological polar surface area (TPSA) is 82.8 Å². The molecule has 2 aromatic rings. The fourth-order valence-corrected chi connectivity index (χ4v) is 1.82. The summed E-state index contributed by atoms with van der Waals surface area (Å²) in [6.07, 6.45) is 0. The molecule has 110 valence electrons. The summed E-state index contributed by atoms with van der Waals surface area (Å²) < 4.78 is 5.07. The Kier molecular flexibility index (Phi) is 4.27. The van der Waals surface area contributed by atoms with Crippen LogP contribution in [0.1, 0.15) is 21.9 Å². The quantitative estimate of drug-likeness (QED) is 0.906. The molecule has 0 aliphatic carbocycles. The molecule has 6 nitrogen and oxygen atoms in total. The predicted octanol–water partition coefficient (Wildman–Crippen LogP) is 2.63. The normalized spacial score (nSPS) is 10.2. The highest BCUT2D eigenvalue weighted by molar-refractivity contribution is 5.91. The Bertz CT molecular complexity index is 663. The Morgan fingerprint density at radius 3 is 2.67 bits per heavy atom. The number of rotatable bonds is 4. The molecule has 0 aliphatic rings. The van der Waals surface area contributed by atoms with E-state index in [1.807, 2.05) is 31.2 Å². The number of furan rings is 1. The number of urea groups is 1. The van der Waals surface area contributed by atoms with Gasteiger partial charge in [0.25, 0.3) is 0 Å². The van der Waals surface area contributed by atoms with Crippen LogP contribution in [0.5, 0.6) is 0 Å². The number of carboxylic acid groups (broad SMARTS) is 1. The summed E-state index contributed by atoms with van der Waals surface area (Å²) in [5.74, 6) is -0.894. The van der Waals surface area contributed by atoms with E-state index in [0.717, 1.165) is 11.3 Å². The van der Waals surface area contributed by atoms with Gasteiger partial charge in [0.05, 0.1) is 6.54 Å². The number of carbonyl (C=O) groups is 2. The molecule has 0 atom stereocenters. The molecule has 6 heteroatoms. The number of carboxylic acids is 1. The SMILES string of the molecule is Cc1cccc(N(C)C(=O)NCc2ccc(C(=O)O)o2)c1. The van der Waals surface area contributed by atoms with Crippen molar-refractivity contribution in [1.29, 1.82) is 0 Å². The van der Waals surface area contributed by atoms with Gasteiger partial charge in [0, 0.05) is 12.7 Å². The Morgan fingerprint density at radius 1 is 1.29 bits per heavy atom. The number of aryl methyl sites for hydroxylation is 1. The molecule has 1 heterocycles. The second-order valence-corrected chi connectivity index (χ2v) is 4.63. The summed E-state index contributed by atoms with van der Waals surface area (Å²) >= 11 is 0. The summed E-state index contributed by atoms with van der Waals surface area (Å²) in [4.78, 5) is 24.2. The molecule has 0 radical (unpaired) electrons. The largest absolute Gasteiger partial charge is 0.475 e. The van der Waals surface area contributed by atoms with E-state index in [9.17, 15) is 9.59 Å². The van der Waals surface area contributed by atoms with Crippen LogP contribution in [0.2, 0.25) is 0 Å². The number of amides is 2. The van der Waals surface area contributed by atoms with Crippen molar-refractivity contribution in [3.05, 3.63) is 53.5 Å². The first-order valence-corrected chi connectivity index (χ1v) is 6.37.